The number of benzene rings is 2. The zero-order chi connectivity index (χ0) is 26.7. The van der Waals surface area contributed by atoms with E-state index in [1.54, 1.807) is 25.2 Å². The lowest BCUT2D eigenvalue weighted by Gasteiger charge is -2.34. The van der Waals surface area contributed by atoms with Gasteiger partial charge in [-0.25, -0.2) is 17.9 Å². The van der Waals surface area contributed by atoms with E-state index >= 15 is 0 Å². The van der Waals surface area contributed by atoms with E-state index in [1.165, 1.54) is 31.2 Å². The summed E-state index contributed by atoms with van der Waals surface area (Å²) in [5.41, 5.74) is -3.61. The maximum atomic E-state index is 14.5. The van der Waals surface area contributed by atoms with Crippen molar-refractivity contribution in [3.63, 3.8) is 0 Å². The fourth-order valence-electron chi connectivity index (χ4n) is 3.24. The molecule has 0 saturated carbocycles. The Labute approximate surface area is 204 Å². The van der Waals surface area contributed by atoms with Gasteiger partial charge in [0.1, 0.15) is 0 Å². The highest BCUT2D eigenvalue weighted by Gasteiger charge is 2.64. The third-order valence-electron chi connectivity index (χ3n) is 5.33. The number of ether oxygens (including phenoxy) is 1. The summed E-state index contributed by atoms with van der Waals surface area (Å²) in [7, 11) is -4.29. The molecule has 0 aliphatic rings. The number of rotatable bonds is 8. The molecule has 1 heterocycles. The van der Waals surface area contributed by atoms with Crippen molar-refractivity contribution in [1.29, 1.82) is 0 Å². The normalized spacial score (nSPS) is 13.5. The van der Waals surface area contributed by atoms with Crippen LogP contribution in [0.1, 0.15) is 34.1 Å². The van der Waals surface area contributed by atoms with Gasteiger partial charge in [-0.05, 0) is 50.6 Å². The fourth-order valence-corrected chi connectivity index (χ4v) is 4.28. The van der Waals surface area contributed by atoms with Gasteiger partial charge in [0.05, 0.1) is 17.2 Å². The average molecular weight is 526 g/mol. The molecule has 0 aliphatic carbocycles. The minimum absolute atomic E-state index is 0.128. The Balaban J connectivity index is 2.06. The average Bonchev–Trinajstić information content (AvgIpc) is 3.14. The summed E-state index contributed by atoms with van der Waals surface area (Å²) in [4.78, 5) is 25.0. The van der Waals surface area contributed by atoms with E-state index in [4.69, 9.17) is 9.26 Å². The Morgan fingerprint density at radius 1 is 1.03 bits per heavy atom. The summed E-state index contributed by atoms with van der Waals surface area (Å²) in [6, 6.07) is 10.3. The number of anilines is 1. The SMILES string of the molecule is CCOC(=O)C(NC(=O)c1ccccc1)(c1ccc(S(=O)(=O)Nc2onc(C)c2C)cc1)C(F)(F)F. The lowest BCUT2D eigenvalue weighted by Crippen LogP contribution is -2.61. The van der Waals surface area contributed by atoms with E-state index in [0.717, 1.165) is 24.3 Å². The summed E-state index contributed by atoms with van der Waals surface area (Å²) < 4.78 is 80.8. The van der Waals surface area contributed by atoms with E-state index in [0.29, 0.717) is 11.3 Å². The molecule has 1 unspecified atom stereocenters. The minimum Gasteiger partial charge on any atom is -0.464 e. The number of amides is 1. The molecule has 0 spiro atoms. The second-order valence-electron chi connectivity index (χ2n) is 7.64. The molecule has 1 amide bonds. The lowest BCUT2D eigenvalue weighted by molar-refractivity contribution is -0.214. The van der Waals surface area contributed by atoms with E-state index in [9.17, 15) is 31.2 Å². The third kappa shape index (κ3) is 5.05. The monoisotopic (exact) mass is 525 g/mol. The molecule has 1 aromatic heterocycles. The van der Waals surface area contributed by atoms with Gasteiger partial charge in [0.15, 0.2) is 0 Å². The van der Waals surface area contributed by atoms with Crippen LogP contribution in [0.2, 0.25) is 0 Å². The molecule has 0 saturated heterocycles. The zero-order valence-electron chi connectivity index (χ0n) is 19.3. The van der Waals surface area contributed by atoms with Crippen LogP contribution in [0.25, 0.3) is 0 Å². The number of esters is 1. The molecule has 0 radical (unpaired) electrons. The number of alkyl halides is 3. The van der Waals surface area contributed by atoms with E-state index in [2.05, 4.69) is 9.88 Å². The minimum atomic E-state index is -5.35. The fraction of sp³-hybridized carbons (Fsp3) is 0.261. The van der Waals surface area contributed by atoms with E-state index in [-0.39, 0.29) is 11.4 Å². The largest absolute Gasteiger partial charge is 0.464 e. The number of carbonyl (C=O) groups excluding carboxylic acids is 2. The highest BCUT2D eigenvalue weighted by Crippen LogP contribution is 2.41. The van der Waals surface area contributed by atoms with Crippen LogP contribution >= 0.6 is 0 Å². The Kier molecular flexibility index (Phi) is 7.43. The number of nitrogens with zero attached hydrogens (tertiary/aromatic N) is 1. The third-order valence-corrected chi connectivity index (χ3v) is 6.67. The van der Waals surface area contributed by atoms with Crippen LogP contribution in [0, 0.1) is 13.8 Å². The zero-order valence-corrected chi connectivity index (χ0v) is 20.2. The van der Waals surface area contributed by atoms with Gasteiger partial charge < -0.3 is 14.6 Å². The molecule has 0 aliphatic heterocycles. The molecule has 2 N–H and O–H groups in total. The molecule has 3 aromatic rings. The molecular formula is C23H22F3N3O6S. The predicted octanol–water partition coefficient (Wildman–Crippen LogP) is 3.84. The Morgan fingerprint density at radius 2 is 1.64 bits per heavy atom. The number of aromatic nitrogens is 1. The quantitative estimate of drug-likeness (QED) is 0.428. The number of sulfonamides is 1. The van der Waals surface area contributed by atoms with Crippen LogP contribution in [-0.4, -0.2) is 38.2 Å². The number of halogens is 3. The van der Waals surface area contributed by atoms with Crippen molar-refractivity contribution >= 4 is 27.8 Å². The Bertz CT molecular complexity index is 1360. The van der Waals surface area contributed by atoms with Gasteiger partial charge in [0.25, 0.3) is 21.5 Å². The molecule has 13 heteroatoms. The van der Waals surface area contributed by atoms with Crippen molar-refractivity contribution in [2.75, 3.05) is 11.3 Å². The summed E-state index contributed by atoms with van der Waals surface area (Å²) in [6.07, 6.45) is -5.35. The van der Waals surface area contributed by atoms with Gasteiger partial charge in [0, 0.05) is 11.1 Å². The predicted molar refractivity (Wildman–Crippen MR) is 122 cm³/mol. The maximum Gasteiger partial charge on any atom is 0.426 e. The van der Waals surface area contributed by atoms with Crippen molar-refractivity contribution in [3.05, 3.63) is 77.0 Å². The summed E-state index contributed by atoms with van der Waals surface area (Å²) in [5, 5.41) is 5.41. The molecular weight excluding hydrogens is 503 g/mol. The van der Waals surface area contributed by atoms with Crippen molar-refractivity contribution < 1.29 is 40.4 Å². The molecule has 36 heavy (non-hydrogen) atoms. The van der Waals surface area contributed by atoms with Crippen LogP contribution in [0.3, 0.4) is 0 Å². The molecule has 9 nitrogen and oxygen atoms in total. The first-order valence-corrected chi connectivity index (χ1v) is 12.0. The highest BCUT2D eigenvalue weighted by atomic mass is 32.2. The number of aryl methyl sites for hydroxylation is 1. The Hall–Kier alpha value is -3.87. The van der Waals surface area contributed by atoms with Crippen LogP contribution < -0.4 is 10.0 Å². The molecule has 1 atom stereocenters. The topological polar surface area (TPSA) is 128 Å². The second kappa shape index (κ2) is 10.0. The summed E-state index contributed by atoms with van der Waals surface area (Å²) >= 11 is 0. The number of hydrogen-bond acceptors (Lipinski definition) is 7. The molecule has 0 bridgehead atoms. The van der Waals surface area contributed by atoms with Gasteiger partial charge in [0.2, 0.25) is 5.88 Å². The van der Waals surface area contributed by atoms with Crippen LogP contribution in [-0.2, 0) is 25.1 Å². The van der Waals surface area contributed by atoms with Crippen LogP contribution in [0.5, 0.6) is 0 Å². The van der Waals surface area contributed by atoms with E-state index in [1.807, 2.05) is 0 Å². The van der Waals surface area contributed by atoms with Crippen molar-refractivity contribution in [3.8, 4) is 0 Å². The van der Waals surface area contributed by atoms with Crippen molar-refractivity contribution in [1.82, 2.24) is 10.5 Å². The summed E-state index contributed by atoms with van der Waals surface area (Å²) in [6.45, 7) is 4.08. The molecule has 192 valence electrons. The molecule has 2 aromatic carbocycles. The second-order valence-corrected chi connectivity index (χ2v) is 9.32. The first-order valence-electron chi connectivity index (χ1n) is 10.5. The van der Waals surface area contributed by atoms with Gasteiger partial charge in [-0.3, -0.25) is 4.79 Å². The lowest BCUT2D eigenvalue weighted by atomic mass is 9.88. The van der Waals surface area contributed by atoms with Gasteiger partial charge in [-0.1, -0.05) is 35.5 Å². The highest BCUT2D eigenvalue weighted by molar-refractivity contribution is 7.92. The summed E-state index contributed by atoms with van der Waals surface area (Å²) in [5.74, 6) is -3.11. The van der Waals surface area contributed by atoms with Gasteiger partial charge >= 0.3 is 12.1 Å². The first-order chi connectivity index (χ1) is 16.8. The number of nitrogens with one attached hydrogen (secondary N) is 2. The van der Waals surface area contributed by atoms with Crippen LogP contribution in [0.4, 0.5) is 19.1 Å². The number of carbonyl (C=O) groups is 2. The van der Waals surface area contributed by atoms with E-state index < -0.39 is 50.7 Å². The van der Waals surface area contributed by atoms with Crippen molar-refractivity contribution in [2.45, 2.75) is 37.4 Å². The van der Waals surface area contributed by atoms with Crippen molar-refractivity contribution in [2.24, 2.45) is 0 Å². The standard InChI is InChI=1S/C23H22F3N3O6S/c1-4-34-21(31)22(23(24,25)26,27-19(30)16-8-6-5-7-9-16)17-10-12-18(13-11-17)36(32,33)29-20-14(2)15(3)28-35-20/h5-13,29H,4H2,1-3H3,(H,27,30). The smallest absolute Gasteiger partial charge is 0.426 e. The molecule has 0 fully saturated rings. The number of hydrogen-bond donors (Lipinski definition) is 2. The van der Waals surface area contributed by atoms with Crippen LogP contribution in [0.15, 0.2) is 64.0 Å². The van der Waals surface area contributed by atoms with Gasteiger partial charge in [-0.2, -0.15) is 13.2 Å². The molecule has 3 rings (SSSR count). The van der Waals surface area contributed by atoms with Gasteiger partial charge in [-0.15, -0.1) is 0 Å². The maximum absolute atomic E-state index is 14.5. The Morgan fingerprint density at radius 3 is 2.14 bits per heavy atom. The first kappa shape index (κ1) is 26.7.